The smallest absolute Gasteiger partial charge is 0.213 e. The Bertz CT molecular complexity index is 365. The quantitative estimate of drug-likeness (QED) is 0.689. The highest BCUT2D eigenvalue weighted by Crippen LogP contribution is 1.96. The van der Waals surface area contributed by atoms with Crippen molar-refractivity contribution in [3.8, 4) is 0 Å². The maximum absolute atomic E-state index is 11.0. The summed E-state index contributed by atoms with van der Waals surface area (Å²) in [5, 5.41) is 2.86. The molecule has 6 nitrogen and oxygen atoms in total. The van der Waals surface area contributed by atoms with Crippen LogP contribution in [0, 0.1) is 0 Å². The Balaban J connectivity index is 2.37. The zero-order valence-electron chi connectivity index (χ0n) is 7.77. The molecule has 0 atom stereocenters. The second kappa shape index (κ2) is 4.87. The van der Waals surface area contributed by atoms with Gasteiger partial charge >= 0.3 is 0 Å². The minimum atomic E-state index is -3.15. The van der Waals surface area contributed by atoms with Crippen LogP contribution in [0.4, 0.5) is 5.82 Å². The molecule has 0 fully saturated rings. The van der Waals surface area contributed by atoms with Crippen LogP contribution < -0.4 is 10.0 Å². The maximum Gasteiger partial charge on any atom is 0.213 e. The molecule has 1 rings (SSSR count). The highest BCUT2D eigenvalue weighted by atomic mass is 32.2. The first-order valence-electron chi connectivity index (χ1n) is 4.05. The molecule has 2 N–H and O–H groups in total. The molecule has 0 aliphatic heterocycles. The summed E-state index contributed by atoms with van der Waals surface area (Å²) in [7, 11) is -1.76. The summed E-state index contributed by atoms with van der Waals surface area (Å²) in [5.41, 5.74) is 0. The van der Waals surface area contributed by atoms with Crippen molar-refractivity contribution in [2.75, 3.05) is 24.7 Å². The van der Waals surface area contributed by atoms with Crippen molar-refractivity contribution in [2.24, 2.45) is 0 Å². The molecule has 0 aliphatic carbocycles. The number of nitrogens with zero attached hydrogens (tertiary/aromatic N) is 2. The van der Waals surface area contributed by atoms with Crippen LogP contribution in [0.2, 0.25) is 0 Å². The lowest BCUT2D eigenvalue weighted by Crippen LogP contribution is -2.26. The normalized spacial score (nSPS) is 11.2. The van der Waals surface area contributed by atoms with Gasteiger partial charge in [0.1, 0.15) is 12.1 Å². The SMILES string of the molecule is CNS(=O)(=O)CCNc1ccncn1. The number of anilines is 1. The molecule has 0 saturated heterocycles. The van der Waals surface area contributed by atoms with E-state index < -0.39 is 10.0 Å². The van der Waals surface area contributed by atoms with Crippen molar-refractivity contribution in [3.05, 3.63) is 18.6 Å². The highest BCUT2D eigenvalue weighted by Gasteiger charge is 2.05. The van der Waals surface area contributed by atoms with Gasteiger partial charge in [0.05, 0.1) is 5.75 Å². The fraction of sp³-hybridized carbons (Fsp3) is 0.429. The predicted octanol–water partition coefficient (Wildman–Crippen LogP) is -0.562. The number of hydrogen-bond acceptors (Lipinski definition) is 5. The van der Waals surface area contributed by atoms with Crippen LogP contribution in [-0.2, 0) is 10.0 Å². The van der Waals surface area contributed by atoms with E-state index in [0.717, 1.165) is 0 Å². The van der Waals surface area contributed by atoms with Crippen molar-refractivity contribution in [3.63, 3.8) is 0 Å². The Hall–Kier alpha value is -1.21. The Morgan fingerprint density at radius 1 is 1.50 bits per heavy atom. The van der Waals surface area contributed by atoms with E-state index in [9.17, 15) is 8.42 Å². The fourth-order valence-corrected chi connectivity index (χ4v) is 1.39. The van der Waals surface area contributed by atoms with Crippen molar-refractivity contribution in [1.82, 2.24) is 14.7 Å². The summed E-state index contributed by atoms with van der Waals surface area (Å²) in [5.74, 6) is 0.638. The van der Waals surface area contributed by atoms with E-state index in [4.69, 9.17) is 0 Å². The molecule has 0 bridgehead atoms. The Kier molecular flexibility index (Phi) is 3.78. The van der Waals surface area contributed by atoms with Gasteiger partial charge in [-0.05, 0) is 13.1 Å². The molecule has 0 aliphatic rings. The minimum Gasteiger partial charge on any atom is -0.369 e. The monoisotopic (exact) mass is 216 g/mol. The molecule has 1 aromatic rings. The lowest BCUT2D eigenvalue weighted by Gasteiger charge is -2.04. The summed E-state index contributed by atoms with van der Waals surface area (Å²) in [6.45, 7) is 0.320. The third kappa shape index (κ3) is 3.67. The van der Waals surface area contributed by atoms with Crippen LogP contribution in [0.3, 0.4) is 0 Å². The van der Waals surface area contributed by atoms with Gasteiger partial charge in [-0.1, -0.05) is 0 Å². The van der Waals surface area contributed by atoms with Gasteiger partial charge < -0.3 is 5.32 Å². The maximum atomic E-state index is 11.0. The van der Waals surface area contributed by atoms with Gasteiger partial charge in [-0.15, -0.1) is 0 Å². The van der Waals surface area contributed by atoms with Crippen molar-refractivity contribution < 1.29 is 8.42 Å². The van der Waals surface area contributed by atoms with Crippen molar-refractivity contribution in [1.29, 1.82) is 0 Å². The number of rotatable bonds is 5. The third-order valence-corrected chi connectivity index (χ3v) is 2.93. The average Bonchev–Trinajstić information content (AvgIpc) is 2.19. The Morgan fingerprint density at radius 2 is 2.29 bits per heavy atom. The number of aromatic nitrogens is 2. The molecule has 0 amide bonds. The van der Waals surface area contributed by atoms with Gasteiger partial charge in [-0.25, -0.2) is 23.1 Å². The molecule has 0 aromatic carbocycles. The van der Waals surface area contributed by atoms with Gasteiger partial charge in [0.2, 0.25) is 10.0 Å². The van der Waals surface area contributed by atoms with Crippen LogP contribution in [0.5, 0.6) is 0 Å². The van der Waals surface area contributed by atoms with Crippen LogP contribution in [-0.4, -0.2) is 37.7 Å². The summed E-state index contributed by atoms with van der Waals surface area (Å²) in [6.07, 6.45) is 2.98. The van der Waals surface area contributed by atoms with Gasteiger partial charge in [-0.3, -0.25) is 0 Å². The molecule has 0 radical (unpaired) electrons. The van der Waals surface area contributed by atoms with E-state index in [0.29, 0.717) is 12.4 Å². The topological polar surface area (TPSA) is 84.0 Å². The Labute approximate surface area is 82.8 Å². The van der Waals surface area contributed by atoms with E-state index in [1.807, 2.05) is 0 Å². The standard InChI is InChI=1S/C7H12N4O2S/c1-8-14(12,13)5-4-10-7-2-3-9-6-11-7/h2-3,6,8H,4-5H2,1H3,(H,9,10,11). The summed E-state index contributed by atoms with van der Waals surface area (Å²) >= 11 is 0. The van der Waals surface area contributed by atoms with Crippen LogP contribution >= 0.6 is 0 Å². The summed E-state index contributed by atoms with van der Waals surface area (Å²) in [6, 6.07) is 1.67. The summed E-state index contributed by atoms with van der Waals surface area (Å²) in [4.78, 5) is 7.62. The highest BCUT2D eigenvalue weighted by molar-refractivity contribution is 7.89. The zero-order valence-corrected chi connectivity index (χ0v) is 8.58. The molecule has 1 aromatic heterocycles. The van der Waals surface area contributed by atoms with Gasteiger partial charge in [0.25, 0.3) is 0 Å². The molecule has 0 saturated carbocycles. The zero-order chi connectivity index (χ0) is 10.4. The predicted molar refractivity (Wildman–Crippen MR) is 53.4 cm³/mol. The van der Waals surface area contributed by atoms with Crippen LogP contribution in [0.25, 0.3) is 0 Å². The first-order chi connectivity index (χ1) is 6.64. The van der Waals surface area contributed by atoms with E-state index in [2.05, 4.69) is 20.0 Å². The van der Waals surface area contributed by atoms with E-state index in [1.54, 1.807) is 12.3 Å². The lowest BCUT2D eigenvalue weighted by molar-refractivity contribution is 0.588. The molecule has 0 spiro atoms. The lowest BCUT2D eigenvalue weighted by atomic mass is 10.6. The first-order valence-corrected chi connectivity index (χ1v) is 5.70. The summed E-state index contributed by atoms with van der Waals surface area (Å²) < 4.78 is 24.2. The fourth-order valence-electron chi connectivity index (χ4n) is 0.811. The van der Waals surface area contributed by atoms with Gasteiger partial charge in [-0.2, -0.15) is 0 Å². The van der Waals surface area contributed by atoms with E-state index >= 15 is 0 Å². The molecular weight excluding hydrogens is 204 g/mol. The largest absolute Gasteiger partial charge is 0.369 e. The first kappa shape index (κ1) is 10.9. The number of hydrogen-bond donors (Lipinski definition) is 2. The van der Waals surface area contributed by atoms with Gasteiger partial charge in [0.15, 0.2) is 0 Å². The second-order valence-electron chi connectivity index (χ2n) is 2.54. The van der Waals surface area contributed by atoms with E-state index in [1.165, 1.54) is 13.4 Å². The van der Waals surface area contributed by atoms with Crippen LogP contribution in [0.15, 0.2) is 18.6 Å². The van der Waals surface area contributed by atoms with Crippen LogP contribution in [0.1, 0.15) is 0 Å². The van der Waals surface area contributed by atoms with Crippen molar-refractivity contribution in [2.45, 2.75) is 0 Å². The molecular formula is C7H12N4O2S. The molecule has 7 heteroatoms. The number of nitrogens with one attached hydrogen (secondary N) is 2. The molecule has 78 valence electrons. The molecule has 1 heterocycles. The third-order valence-electron chi connectivity index (χ3n) is 1.57. The number of sulfonamides is 1. The minimum absolute atomic E-state index is 0.0213. The average molecular weight is 216 g/mol. The van der Waals surface area contributed by atoms with Crippen molar-refractivity contribution >= 4 is 15.8 Å². The molecule has 14 heavy (non-hydrogen) atoms. The Morgan fingerprint density at radius 3 is 2.86 bits per heavy atom. The molecule has 0 unspecified atom stereocenters. The van der Waals surface area contributed by atoms with Gasteiger partial charge in [0, 0.05) is 12.7 Å². The second-order valence-corrected chi connectivity index (χ2v) is 4.59. The van der Waals surface area contributed by atoms with E-state index in [-0.39, 0.29) is 5.75 Å².